The molecule has 1 atom stereocenters. The van der Waals surface area contributed by atoms with Crippen molar-refractivity contribution in [2.24, 2.45) is 5.73 Å². The summed E-state index contributed by atoms with van der Waals surface area (Å²) >= 11 is 3.40. The minimum Gasteiger partial charge on any atom is -0.336 e. The minimum atomic E-state index is -0.0292. The van der Waals surface area contributed by atoms with E-state index in [1.807, 2.05) is 22.0 Å². The van der Waals surface area contributed by atoms with Gasteiger partial charge < -0.3 is 10.6 Å². The van der Waals surface area contributed by atoms with Crippen LogP contribution >= 0.6 is 23.1 Å². The van der Waals surface area contributed by atoms with Crippen molar-refractivity contribution in [1.82, 2.24) is 9.88 Å². The molecule has 0 bridgehead atoms. The number of carbonyl (C=O) groups excluding carboxylic acids is 1. The topological polar surface area (TPSA) is 59.2 Å². The molecule has 1 amide bonds. The molecule has 2 heterocycles. The van der Waals surface area contributed by atoms with Crippen molar-refractivity contribution in [2.45, 2.75) is 25.8 Å². The van der Waals surface area contributed by atoms with Crippen LogP contribution in [0.4, 0.5) is 0 Å². The molecule has 6 heteroatoms. The van der Waals surface area contributed by atoms with Gasteiger partial charge in [-0.1, -0.05) is 13.3 Å². The van der Waals surface area contributed by atoms with Crippen LogP contribution in [0.2, 0.25) is 0 Å². The zero-order chi connectivity index (χ0) is 13.0. The Morgan fingerprint density at radius 3 is 2.94 bits per heavy atom. The number of aromatic nitrogens is 1. The minimum absolute atomic E-state index is 0.0292. The van der Waals surface area contributed by atoms with Gasteiger partial charge in [-0.15, -0.1) is 11.3 Å². The molecule has 100 valence electrons. The highest BCUT2D eigenvalue weighted by Gasteiger charge is 2.21. The highest BCUT2D eigenvalue weighted by molar-refractivity contribution is 7.99. The summed E-state index contributed by atoms with van der Waals surface area (Å²) in [6.07, 6.45) is 1.95. The van der Waals surface area contributed by atoms with Crippen LogP contribution < -0.4 is 5.73 Å². The Kier molecular flexibility index (Phi) is 5.03. The smallest absolute Gasteiger partial charge is 0.273 e. The van der Waals surface area contributed by atoms with E-state index in [0.717, 1.165) is 42.4 Å². The molecule has 0 aliphatic carbocycles. The molecule has 2 N–H and O–H groups in total. The van der Waals surface area contributed by atoms with E-state index in [9.17, 15) is 4.79 Å². The number of nitrogens with zero attached hydrogens (tertiary/aromatic N) is 2. The average Bonchev–Trinajstić information content (AvgIpc) is 2.89. The summed E-state index contributed by atoms with van der Waals surface area (Å²) in [4.78, 5) is 18.5. The lowest BCUT2D eigenvalue weighted by atomic mass is 10.2. The van der Waals surface area contributed by atoms with Crippen molar-refractivity contribution in [3.8, 4) is 0 Å². The SMILES string of the molecule is CCCC(N)c1nc(C(=O)N2CCSCC2)cs1. The van der Waals surface area contributed by atoms with Crippen molar-refractivity contribution in [3.63, 3.8) is 0 Å². The molecule has 1 fully saturated rings. The van der Waals surface area contributed by atoms with Gasteiger partial charge in [-0.25, -0.2) is 4.98 Å². The van der Waals surface area contributed by atoms with Crippen LogP contribution in [0.15, 0.2) is 5.38 Å². The molecular formula is C12H19N3OS2. The first-order valence-electron chi connectivity index (χ1n) is 6.30. The fourth-order valence-corrected chi connectivity index (χ4v) is 3.65. The van der Waals surface area contributed by atoms with Gasteiger partial charge in [0, 0.05) is 30.0 Å². The van der Waals surface area contributed by atoms with Crippen LogP contribution in [-0.4, -0.2) is 40.4 Å². The molecule has 0 radical (unpaired) electrons. The molecule has 0 spiro atoms. The van der Waals surface area contributed by atoms with Crippen LogP contribution in [-0.2, 0) is 0 Å². The molecule has 1 aromatic heterocycles. The second kappa shape index (κ2) is 6.54. The van der Waals surface area contributed by atoms with Crippen molar-refractivity contribution in [1.29, 1.82) is 0 Å². The Balaban J connectivity index is 2.02. The predicted molar refractivity (Wildman–Crippen MR) is 77.2 cm³/mol. The molecule has 1 saturated heterocycles. The van der Waals surface area contributed by atoms with Gasteiger partial charge in [-0.05, 0) is 6.42 Å². The van der Waals surface area contributed by atoms with Crippen LogP contribution in [0.5, 0.6) is 0 Å². The number of nitrogens with two attached hydrogens (primary N) is 1. The van der Waals surface area contributed by atoms with E-state index >= 15 is 0 Å². The zero-order valence-electron chi connectivity index (χ0n) is 10.6. The lowest BCUT2D eigenvalue weighted by Crippen LogP contribution is -2.38. The number of carbonyl (C=O) groups is 1. The lowest BCUT2D eigenvalue weighted by Gasteiger charge is -2.25. The fraction of sp³-hybridized carbons (Fsp3) is 0.667. The quantitative estimate of drug-likeness (QED) is 0.920. The van der Waals surface area contributed by atoms with Crippen LogP contribution in [0.1, 0.15) is 41.3 Å². The lowest BCUT2D eigenvalue weighted by molar-refractivity contribution is 0.0767. The third-order valence-electron chi connectivity index (χ3n) is 2.96. The maximum atomic E-state index is 12.2. The van der Waals surface area contributed by atoms with Crippen molar-refractivity contribution in [2.75, 3.05) is 24.6 Å². The first-order chi connectivity index (χ1) is 8.72. The van der Waals surface area contributed by atoms with Gasteiger partial charge in [0.15, 0.2) is 0 Å². The summed E-state index contributed by atoms with van der Waals surface area (Å²) < 4.78 is 0. The highest BCUT2D eigenvalue weighted by atomic mass is 32.2. The molecule has 1 aliphatic heterocycles. The second-order valence-corrected chi connectivity index (χ2v) is 6.49. The fourth-order valence-electron chi connectivity index (χ4n) is 1.92. The van der Waals surface area contributed by atoms with E-state index in [1.54, 1.807) is 0 Å². The van der Waals surface area contributed by atoms with Gasteiger partial charge >= 0.3 is 0 Å². The van der Waals surface area contributed by atoms with E-state index in [2.05, 4.69) is 11.9 Å². The molecule has 0 saturated carbocycles. The van der Waals surface area contributed by atoms with Gasteiger partial charge in [0.2, 0.25) is 0 Å². The van der Waals surface area contributed by atoms with Gasteiger partial charge in [0.05, 0.1) is 6.04 Å². The average molecular weight is 285 g/mol. The molecule has 1 unspecified atom stereocenters. The van der Waals surface area contributed by atoms with Crippen molar-refractivity contribution < 1.29 is 4.79 Å². The summed E-state index contributed by atoms with van der Waals surface area (Å²) in [5, 5.41) is 2.72. The summed E-state index contributed by atoms with van der Waals surface area (Å²) in [5.41, 5.74) is 6.58. The normalized spacial score (nSPS) is 17.8. The Hall–Kier alpha value is -0.590. The standard InChI is InChI=1S/C12H19N3OS2/c1-2-3-9(13)11-14-10(8-18-11)12(16)15-4-6-17-7-5-15/h8-9H,2-7,13H2,1H3. The van der Waals surface area contributed by atoms with Crippen LogP contribution in [0, 0.1) is 0 Å². The van der Waals surface area contributed by atoms with Crippen molar-refractivity contribution >= 4 is 29.0 Å². The number of thiazole rings is 1. The highest BCUT2D eigenvalue weighted by Crippen LogP contribution is 2.21. The molecule has 1 aromatic rings. The second-order valence-electron chi connectivity index (χ2n) is 4.37. The monoisotopic (exact) mass is 285 g/mol. The van der Waals surface area contributed by atoms with E-state index in [0.29, 0.717) is 5.69 Å². The Morgan fingerprint density at radius 1 is 1.56 bits per heavy atom. The zero-order valence-corrected chi connectivity index (χ0v) is 12.2. The van der Waals surface area contributed by atoms with E-state index in [1.165, 1.54) is 11.3 Å². The summed E-state index contributed by atoms with van der Waals surface area (Å²) in [6.45, 7) is 3.76. The molecule has 0 aromatic carbocycles. The van der Waals surface area contributed by atoms with Crippen molar-refractivity contribution in [3.05, 3.63) is 16.1 Å². The number of rotatable bonds is 4. The van der Waals surface area contributed by atoms with E-state index in [-0.39, 0.29) is 11.9 Å². The van der Waals surface area contributed by atoms with E-state index in [4.69, 9.17) is 5.73 Å². The van der Waals surface area contributed by atoms with Gasteiger partial charge in [-0.3, -0.25) is 4.79 Å². The predicted octanol–water partition coefficient (Wildman–Crippen LogP) is 2.13. The summed E-state index contributed by atoms with van der Waals surface area (Å²) in [7, 11) is 0. The van der Waals surface area contributed by atoms with Crippen LogP contribution in [0.3, 0.4) is 0 Å². The van der Waals surface area contributed by atoms with Gasteiger partial charge in [-0.2, -0.15) is 11.8 Å². The Morgan fingerprint density at radius 2 is 2.28 bits per heavy atom. The first kappa shape index (κ1) is 13.8. The summed E-state index contributed by atoms with van der Waals surface area (Å²) in [5.74, 6) is 2.11. The third-order valence-corrected chi connectivity index (χ3v) is 4.88. The maximum Gasteiger partial charge on any atom is 0.273 e. The molecule has 1 aliphatic rings. The first-order valence-corrected chi connectivity index (χ1v) is 8.33. The maximum absolute atomic E-state index is 12.2. The number of hydrogen-bond donors (Lipinski definition) is 1. The molecule has 4 nitrogen and oxygen atoms in total. The van der Waals surface area contributed by atoms with Gasteiger partial charge in [0.1, 0.15) is 10.7 Å². The third kappa shape index (κ3) is 3.24. The Bertz CT molecular complexity index is 402. The van der Waals surface area contributed by atoms with Crippen LogP contribution in [0.25, 0.3) is 0 Å². The molecule has 18 heavy (non-hydrogen) atoms. The van der Waals surface area contributed by atoms with Gasteiger partial charge in [0.25, 0.3) is 5.91 Å². The Labute approximate surface area is 116 Å². The number of amides is 1. The summed E-state index contributed by atoms with van der Waals surface area (Å²) in [6, 6.07) is -0.0292. The van der Waals surface area contributed by atoms with E-state index < -0.39 is 0 Å². The largest absolute Gasteiger partial charge is 0.336 e. The number of hydrogen-bond acceptors (Lipinski definition) is 5. The molecule has 2 rings (SSSR count). The number of thioether (sulfide) groups is 1. The molecular weight excluding hydrogens is 266 g/mol.